The number of hydrogen-bond acceptors (Lipinski definition) is 1. The van der Waals surface area contributed by atoms with Gasteiger partial charge < -0.3 is 5.11 Å². The molecule has 0 aromatic heterocycles. The van der Waals surface area contributed by atoms with Gasteiger partial charge in [0.1, 0.15) is 0 Å². The molecule has 2 aliphatic carbocycles. The molecule has 80 valence electrons. The Kier molecular flexibility index (Phi) is 3.05. The van der Waals surface area contributed by atoms with E-state index in [4.69, 9.17) is 5.11 Å². The van der Waals surface area contributed by atoms with E-state index in [-0.39, 0.29) is 0 Å². The third-order valence-corrected chi connectivity index (χ3v) is 3.02. The minimum atomic E-state index is -0.782. The maximum absolute atomic E-state index is 11.1. The van der Waals surface area contributed by atoms with Crippen molar-refractivity contribution in [3.8, 4) is 0 Å². The van der Waals surface area contributed by atoms with Crippen molar-refractivity contribution in [2.45, 2.75) is 38.5 Å². The third-order valence-electron chi connectivity index (χ3n) is 3.02. The van der Waals surface area contributed by atoms with Crippen LogP contribution in [0.4, 0.5) is 0 Å². The number of allylic oxidation sites excluding steroid dienone is 4. The summed E-state index contributed by atoms with van der Waals surface area (Å²) in [5.74, 6) is -0.782. The van der Waals surface area contributed by atoms with Crippen LogP contribution in [0.3, 0.4) is 0 Å². The molecule has 0 atom stereocenters. The number of hydrogen-bond donors (Lipinski definition) is 1. The summed E-state index contributed by atoms with van der Waals surface area (Å²) in [6, 6.07) is 0. The fourth-order valence-electron chi connectivity index (χ4n) is 2.22. The van der Waals surface area contributed by atoms with Crippen molar-refractivity contribution in [2.75, 3.05) is 0 Å². The van der Waals surface area contributed by atoms with Crippen LogP contribution < -0.4 is 0 Å². The van der Waals surface area contributed by atoms with E-state index >= 15 is 0 Å². The molecule has 0 fully saturated rings. The summed E-state index contributed by atoms with van der Waals surface area (Å²) in [4.78, 5) is 11.1. The molecule has 1 N–H and O–H groups in total. The molecule has 0 aromatic carbocycles. The molecule has 0 saturated carbocycles. The highest BCUT2D eigenvalue weighted by Gasteiger charge is 2.17. The lowest BCUT2D eigenvalue weighted by Gasteiger charge is -2.03. The van der Waals surface area contributed by atoms with Crippen LogP contribution in [0.15, 0.2) is 34.9 Å². The number of carbonyl (C=O) groups is 1. The Morgan fingerprint density at radius 3 is 2.47 bits per heavy atom. The van der Waals surface area contributed by atoms with Gasteiger partial charge in [-0.2, -0.15) is 0 Å². The summed E-state index contributed by atoms with van der Waals surface area (Å²) in [6.07, 6.45) is 12.4. The van der Waals surface area contributed by atoms with Gasteiger partial charge in [0.2, 0.25) is 0 Å². The number of rotatable bonds is 3. The lowest BCUT2D eigenvalue weighted by atomic mass is 10.0. The Labute approximate surface area is 90.0 Å². The van der Waals surface area contributed by atoms with Gasteiger partial charge in [-0.1, -0.05) is 17.7 Å². The van der Waals surface area contributed by atoms with Gasteiger partial charge in [-0.25, -0.2) is 4.79 Å². The first kappa shape index (κ1) is 10.2. The molecule has 0 spiro atoms. The van der Waals surface area contributed by atoms with Gasteiger partial charge in [-0.3, -0.25) is 0 Å². The van der Waals surface area contributed by atoms with E-state index in [9.17, 15) is 4.79 Å². The second-order valence-corrected chi connectivity index (χ2v) is 4.16. The van der Waals surface area contributed by atoms with Crippen LogP contribution >= 0.6 is 0 Å². The molecule has 2 nitrogen and oxygen atoms in total. The first-order valence-corrected chi connectivity index (χ1v) is 5.61. The largest absolute Gasteiger partial charge is 0.478 e. The normalized spacial score (nSPS) is 21.5. The maximum atomic E-state index is 11.1. The van der Waals surface area contributed by atoms with Crippen molar-refractivity contribution in [2.24, 2.45) is 0 Å². The van der Waals surface area contributed by atoms with Gasteiger partial charge in [0.25, 0.3) is 0 Å². The van der Waals surface area contributed by atoms with Crippen molar-refractivity contribution in [3.63, 3.8) is 0 Å². The summed E-state index contributed by atoms with van der Waals surface area (Å²) in [7, 11) is 0. The summed E-state index contributed by atoms with van der Waals surface area (Å²) in [5, 5.41) is 9.16. The fraction of sp³-hybridized carbons (Fsp3) is 0.462. The number of carboxylic acid groups (broad SMARTS) is 1. The molecular weight excluding hydrogens is 188 g/mol. The molecule has 2 rings (SSSR count). The standard InChI is InChI=1S/C13H16O2/c14-13(15)12(11-7-3-4-8-11)9-10-5-1-2-6-10/h5,7,9H,1-4,6,8H2,(H,14,15). The molecule has 0 aliphatic heterocycles. The summed E-state index contributed by atoms with van der Waals surface area (Å²) >= 11 is 0. The van der Waals surface area contributed by atoms with Crippen LogP contribution in [-0.4, -0.2) is 11.1 Å². The van der Waals surface area contributed by atoms with Gasteiger partial charge in [0.15, 0.2) is 0 Å². The predicted octanol–water partition coefficient (Wildman–Crippen LogP) is 3.22. The zero-order valence-corrected chi connectivity index (χ0v) is 8.83. The summed E-state index contributed by atoms with van der Waals surface area (Å²) in [5.41, 5.74) is 2.73. The van der Waals surface area contributed by atoms with Crippen molar-refractivity contribution in [3.05, 3.63) is 34.9 Å². The molecule has 0 heterocycles. The van der Waals surface area contributed by atoms with Crippen LogP contribution in [-0.2, 0) is 4.79 Å². The predicted molar refractivity (Wildman–Crippen MR) is 59.6 cm³/mol. The van der Waals surface area contributed by atoms with Crippen LogP contribution in [0.25, 0.3) is 0 Å². The van der Waals surface area contributed by atoms with E-state index in [0.717, 1.165) is 44.1 Å². The van der Waals surface area contributed by atoms with Gasteiger partial charge in [-0.15, -0.1) is 0 Å². The van der Waals surface area contributed by atoms with Crippen molar-refractivity contribution >= 4 is 5.97 Å². The lowest BCUT2D eigenvalue weighted by Crippen LogP contribution is -2.03. The van der Waals surface area contributed by atoms with E-state index in [0.29, 0.717) is 5.57 Å². The Hall–Kier alpha value is -1.31. The van der Waals surface area contributed by atoms with E-state index in [1.165, 1.54) is 5.57 Å². The second kappa shape index (κ2) is 4.47. The van der Waals surface area contributed by atoms with Crippen molar-refractivity contribution < 1.29 is 9.90 Å². The molecule has 0 radical (unpaired) electrons. The quantitative estimate of drug-likeness (QED) is 0.717. The smallest absolute Gasteiger partial charge is 0.335 e. The van der Waals surface area contributed by atoms with Gasteiger partial charge in [-0.05, 0) is 50.2 Å². The van der Waals surface area contributed by atoms with Crippen LogP contribution in [0.5, 0.6) is 0 Å². The molecule has 15 heavy (non-hydrogen) atoms. The minimum absolute atomic E-state index is 0.514. The molecule has 0 aromatic rings. The first-order valence-electron chi connectivity index (χ1n) is 5.61. The first-order chi connectivity index (χ1) is 7.27. The number of carboxylic acids is 1. The molecule has 0 unspecified atom stereocenters. The van der Waals surface area contributed by atoms with Gasteiger partial charge in [0.05, 0.1) is 5.57 Å². The minimum Gasteiger partial charge on any atom is -0.478 e. The molecule has 0 amide bonds. The fourth-order valence-corrected chi connectivity index (χ4v) is 2.22. The Morgan fingerprint density at radius 1 is 1.20 bits per heavy atom. The van der Waals surface area contributed by atoms with E-state index in [2.05, 4.69) is 12.2 Å². The monoisotopic (exact) mass is 204 g/mol. The third kappa shape index (κ3) is 2.38. The highest BCUT2D eigenvalue weighted by Crippen LogP contribution is 2.28. The van der Waals surface area contributed by atoms with E-state index < -0.39 is 5.97 Å². The van der Waals surface area contributed by atoms with Crippen molar-refractivity contribution in [1.29, 1.82) is 0 Å². The average molecular weight is 204 g/mol. The Balaban J connectivity index is 2.22. The van der Waals surface area contributed by atoms with Gasteiger partial charge >= 0.3 is 5.97 Å². The van der Waals surface area contributed by atoms with Crippen LogP contribution in [0.2, 0.25) is 0 Å². The molecule has 0 bridgehead atoms. The lowest BCUT2D eigenvalue weighted by molar-refractivity contribution is -0.132. The highest BCUT2D eigenvalue weighted by molar-refractivity contribution is 5.92. The molecule has 2 heteroatoms. The van der Waals surface area contributed by atoms with Crippen LogP contribution in [0.1, 0.15) is 38.5 Å². The summed E-state index contributed by atoms with van der Waals surface area (Å²) < 4.78 is 0. The topological polar surface area (TPSA) is 37.3 Å². The van der Waals surface area contributed by atoms with Gasteiger partial charge in [0, 0.05) is 0 Å². The maximum Gasteiger partial charge on any atom is 0.335 e. The Bertz CT molecular complexity index is 359. The Morgan fingerprint density at radius 2 is 1.93 bits per heavy atom. The average Bonchev–Trinajstić information content (AvgIpc) is 2.87. The van der Waals surface area contributed by atoms with E-state index in [1.807, 2.05) is 6.08 Å². The molecular formula is C13H16O2. The molecule has 0 saturated heterocycles. The van der Waals surface area contributed by atoms with Crippen LogP contribution in [0, 0.1) is 0 Å². The second-order valence-electron chi connectivity index (χ2n) is 4.16. The SMILES string of the molecule is O=C(O)C(=CC1=CCCC1)C1=CCCC1. The zero-order chi connectivity index (χ0) is 10.7. The molecule has 2 aliphatic rings. The zero-order valence-electron chi connectivity index (χ0n) is 8.83. The number of aliphatic carboxylic acids is 1. The van der Waals surface area contributed by atoms with Crippen molar-refractivity contribution in [1.82, 2.24) is 0 Å². The highest BCUT2D eigenvalue weighted by atomic mass is 16.4. The van der Waals surface area contributed by atoms with E-state index in [1.54, 1.807) is 0 Å². The summed E-state index contributed by atoms with van der Waals surface area (Å²) in [6.45, 7) is 0.